The number of nitrogens with one attached hydrogen (secondary N) is 1. The lowest BCUT2D eigenvalue weighted by molar-refractivity contribution is -0.383. The van der Waals surface area contributed by atoms with Crippen LogP contribution in [0.3, 0.4) is 0 Å². The molecule has 0 aliphatic carbocycles. The number of carboxylic acids is 1. The fourth-order valence-corrected chi connectivity index (χ4v) is 2.83. The van der Waals surface area contributed by atoms with Crippen molar-refractivity contribution in [2.75, 3.05) is 6.54 Å². The SMILES string of the molecule is O=C(O)C1CCCN1C(=O)c1cc2cccc([N+](=O)[O-])c2[nH]1. The summed E-state index contributed by atoms with van der Waals surface area (Å²) in [7, 11) is 0. The molecule has 2 N–H and O–H groups in total. The van der Waals surface area contributed by atoms with Crippen molar-refractivity contribution in [2.24, 2.45) is 0 Å². The van der Waals surface area contributed by atoms with Gasteiger partial charge in [-0.2, -0.15) is 0 Å². The van der Waals surface area contributed by atoms with Gasteiger partial charge in [-0.3, -0.25) is 14.9 Å². The van der Waals surface area contributed by atoms with Crippen molar-refractivity contribution in [2.45, 2.75) is 18.9 Å². The molecular formula is C14H13N3O5. The number of nitro groups is 1. The Bertz CT molecular complexity index is 782. The summed E-state index contributed by atoms with van der Waals surface area (Å²) >= 11 is 0. The average Bonchev–Trinajstić information content (AvgIpc) is 3.12. The lowest BCUT2D eigenvalue weighted by atomic mass is 10.2. The largest absolute Gasteiger partial charge is 0.480 e. The fraction of sp³-hybridized carbons (Fsp3) is 0.286. The van der Waals surface area contributed by atoms with Crippen molar-refractivity contribution >= 4 is 28.5 Å². The lowest BCUT2D eigenvalue weighted by Crippen LogP contribution is -2.40. The van der Waals surface area contributed by atoms with E-state index in [4.69, 9.17) is 5.11 Å². The highest BCUT2D eigenvalue weighted by Crippen LogP contribution is 2.27. The number of carboxylic acid groups (broad SMARTS) is 1. The first kappa shape index (κ1) is 14.1. The van der Waals surface area contributed by atoms with Crippen molar-refractivity contribution in [1.82, 2.24) is 9.88 Å². The monoisotopic (exact) mass is 303 g/mol. The zero-order valence-electron chi connectivity index (χ0n) is 11.5. The maximum absolute atomic E-state index is 12.5. The van der Waals surface area contributed by atoms with Crippen molar-refractivity contribution < 1.29 is 19.6 Å². The standard InChI is InChI=1S/C14H13N3O5/c18-13(16-6-2-5-11(16)14(19)20)9-7-8-3-1-4-10(17(21)22)12(8)15-9/h1,3-4,7,11,15H,2,5-6H2,(H,19,20). The fourth-order valence-electron chi connectivity index (χ4n) is 2.83. The van der Waals surface area contributed by atoms with Gasteiger partial charge in [0, 0.05) is 18.0 Å². The minimum atomic E-state index is -1.03. The van der Waals surface area contributed by atoms with Crippen LogP contribution < -0.4 is 0 Å². The number of aromatic nitrogens is 1. The second-order valence-electron chi connectivity index (χ2n) is 5.18. The summed E-state index contributed by atoms with van der Waals surface area (Å²) in [6.45, 7) is 0.368. The van der Waals surface area contributed by atoms with Crippen LogP contribution in [0, 0.1) is 10.1 Å². The van der Waals surface area contributed by atoms with E-state index in [9.17, 15) is 19.7 Å². The Kier molecular flexibility index (Phi) is 3.28. The van der Waals surface area contributed by atoms with Gasteiger partial charge in [-0.05, 0) is 18.9 Å². The second kappa shape index (κ2) is 5.14. The number of benzene rings is 1. The molecule has 1 amide bonds. The van der Waals surface area contributed by atoms with E-state index < -0.39 is 22.8 Å². The van der Waals surface area contributed by atoms with E-state index in [0.717, 1.165) is 0 Å². The van der Waals surface area contributed by atoms with Crippen LogP contribution in [0.1, 0.15) is 23.3 Å². The number of nitro benzene ring substituents is 1. The van der Waals surface area contributed by atoms with Gasteiger partial charge in [0.1, 0.15) is 17.3 Å². The van der Waals surface area contributed by atoms with Gasteiger partial charge in [0.05, 0.1) is 4.92 Å². The summed E-state index contributed by atoms with van der Waals surface area (Å²) < 4.78 is 0. The lowest BCUT2D eigenvalue weighted by Gasteiger charge is -2.20. The molecule has 0 radical (unpaired) electrons. The minimum absolute atomic E-state index is 0.118. The molecule has 1 aliphatic rings. The highest BCUT2D eigenvalue weighted by Gasteiger charge is 2.35. The third kappa shape index (κ3) is 2.18. The summed E-state index contributed by atoms with van der Waals surface area (Å²) in [5.74, 6) is -1.48. The van der Waals surface area contributed by atoms with E-state index in [-0.39, 0.29) is 16.9 Å². The van der Waals surface area contributed by atoms with Gasteiger partial charge >= 0.3 is 5.97 Å². The number of amides is 1. The zero-order chi connectivity index (χ0) is 15.9. The van der Waals surface area contributed by atoms with Crippen molar-refractivity contribution in [1.29, 1.82) is 0 Å². The summed E-state index contributed by atoms with van der Waals surface area (Å²) in [6.07, 6.45) is 1.05. The maximum atomic E-state index is 12.5. The van der Waals surface area contributed by atoms with E-state index in [1.165, 1.54) is 17.0 Å². The molecule has 2 aromatic rings. The van der Waals surface area contributed by atoms with Crippen molar-refractivity contribution in [3.63, 3.8) is 0 Å². The van der Waals surface area contributed by atoms with Gasteiger partial charge < -0.3 is 15.0 Å². The Morgan fingerprint density at radius 1 is 1.41 bits per heavy atom. The van der Waals surface area contributed by atoms with Crippen molar-refractivity contribution in [3.8, 4) is 0 Å². The molecule has 1 aromatic heterocycles. The van der Waals surface area contributed by atoms with Crippen LogP contribution in [0.25, 0.3) is 10.9 Å². The predicted molar refractivity (Wildman–Crippen MR) is 76.6 cm³/mol. The average molecular weight is 303 g/mol. The number of hydrogen-bond acceptors (Lipinski definition) is 4. The molecule has 8 nitrogen and oxygen atoms in total. The topological polar surface area (TPSA) is 117 Å². The number of H-pyrrole nitrogens is 1. The number of non-ortho nitro benzene ring substituents is 1. The molecule has 0 spiro atoms. The molecular weight excluding hydrogens is 290 g/mol. The van der Waals surface area contributed by atoms with E-state index in [1.54, 1.807) is 12.1 Å². The Labute approximate surface area is 124 Å². The van der Waals surface area contributed by atoms with Crippen LogP contribution in [-0.2, 0) is 4.79 Å². The van der Waals surface area contributed by atoms with Gasteiger partial charge in [-0.25, -0.2) is 4.79 Å². The Balaban J connectivity index is 2.00. The van der Waals surface area contributed by atoms with Crippen LogP contribution in [-0.4, -0.2) is 44.4 Å². The van der Waals surface area contributed by atoms with Crippen LogP contribution in [0.15, 0.2) is 24.3 Å². The molecule has 0 saturated carbocycles. The predicted octanol–water partition coefficient (Wildman–Crippen LogP) is 1.77. The van der Waals surface area contributed by atoms with Gasteiger partial charge in [0.25, 0.3) is 11.6 Å². The van der Waals surface area contributed by atoms with Crippen molar-refractivity contribution in [3.05, 3.63) is 40.1 Å². The van der Waals surface area contributed by atoms with E-state index in [0.29, 0.717) is 24.8 Å². The molecule has 3 rings (SSSR count). The number of rotatable bonds is 3. The third-order valence-corrected chi connectivity index (χ3v) is 3.86. The number of fused-ring (bicyclic) bond motifs is 1. The number of carbonyl (C=O) groups excluding carboxylic acids is 1. The molecule has 1 atom stereocenters. The minimum Gasteiger partial charge on any atom is -0.480 e. The zero-order valence-corrected chi connectivity index (χ0v) is 11.5. The molecule has 1 saturated heterocycles. The first-order valence-corrected chi connectivity index (χ1v) is 6.79. The molecule has 8 heteroatoms. The van der Waals surface area contributed by atoms with Crippen LogP contribution in [0.4, 0.5) is 5.69 Å². The Morgan fingerprint density at radius 3 is 2.86 bits per heavy atom. The first-order valence-electron chi connectivity index (χ1n) is 6.79. The second-order valence-corrected chi connectivity index (χ2v) is 5.18. The van der Waals surface area contributed by atoms with Gasteiger partial charge in [0.2, 0.25) is 0 Å². The highest BCUT2D eigenvalue weighted by atomic mass is 16.6. The van der Waals surface area contributed by atoms with Gasteiger partial charge in [-0.1, -0.05) is 12.1 Å². The van der Waals surface area contributed by atoms with Crippen LogP contribution in [0.2, 0.25) is 0 Å². The van der Waals surface area contributed by atoms with E-state index in [1.807, 2.05) is 0 Å². The summed E-state index contributed by atoms with van der Waals surface area (Å²) in [5.41, 5.74) is 0.312. The Morgan fingerprint density at radius 2 is 2.18 bits per heavy atom. The molecule has 22 heavy (non-hydrogen) atoms. The number of para-hydroxylation sites is 1. The van der Waals surface area contributed by atoms with E-state index >= 15 is 0 Å². The number of hydrogen-bond donors (Lipinski definition) is 2. The smallest absolute Gasteiger partial charge is 0.326 e. The van der Waals surface area contributed by atoms with Crippen LogP contribution in [0.5, 0.6) is 0 Å². The molecule has 0 bridgehead atoms. The van der Waals surface area contributed by atoms with Gasteiger partial charge in [-0.15, -0.1) is 0 Å². The number of aromatic amines is 1. The third-order valence-electron chi connectivity index (χ3n) is 3.86. The first-order chi connectivity index (χ1) is 10.5. The van der Waals surface area contributed by atoms with Gasteiger partial charge in [0.15, 0.2) is 0 Å². The highest BCUT2D eigenvalue weighted by molar-refractivity contribution is 6.01. The number of carbonyl (C=O) groups is 2. The molecule has 2 heterocycles. The normalized spacial score (nSPS) is 17.8. The molecule has 1 unspecified atom stereocenters. The summed E-state index contributed by atoms with van der Waals surface area (Å²) in [6, 6.07) is 5.23. The molecule has 114 valence electrons. The van der Waals surface area contributed by atoms with Crippen LogP contribution >= 0.6 is 0 Å². The maximum Gasteiger partial charge on any atom is 0.326 e. The number of likely N-dealkylation sites (tertiary alicyclic amines) is 1. The molecule has 1 aliphatic heterocycles. The molecule has 1 fully saturated rings. The summed E-state index contributed by atoms with van der Waals surface area (Å²) in [5, 5.41) is 20.7. The van der Waals surface area contributed by atoms with E-state index in [2.05, 4.69) is 4.98 Å². The number of nitrogens with zero attached hydrogens (tertiary/aromatic N) is 2. The number of aliphatic carboxylic acids is 1. The Hall–Kier alpha value is -2.90. The molecule has 1 aromatic carbocycles. The quantitative estimate of drug-likeness (QED) is 0.662. The summed E-state index contributed by atoms with van der Waals surface area (Å²) in [4.78, 5) is 38.2.